The van der Waals surface area contributed by atoms with Crippen LogP contribution in [-0.2, 0) is 9.59 Å². The number of carbonyl (C=O) groups is 2. The first-order valence-corrected chi connectivity index (χ1v) is 5.02. The van der Waals surface area contributed by atoms with Crippen molar-refractivity contribution in [3.63, 3.8) is 0 Å². The molecule has 1 unspecified atom stereocenters. The molecule has 0 radical (unpaired) electrons. The van der Waals surface area contributed by atoms with Crippen molar-refractivity contribution in [3.05, 3.63) is 0 Å². The molecule has 0 heterocycles. The summed E-state index contributed by atoms with van der Waals surface area (Å²) in [6.07, 6.45) is 4.27. The fourth-order valence-electron chi connectivity index (χ4n) is 2.16. The maximum absolute atomic E-state index is 10.7. The molecule has 0 saturated heterocycles. The first kappa shape index (κ1) is 15.2. The number of carboxylic acids is 2. The molecule has 0 bridgehead atoms. The van der Waals surface area contributed by atoms with Gasteiger partial charge in [-0.3, -0.25) is 0 Å². The Kier molecular flexibility index (Phi) is 7.57. The zero-order valence-electron chi connectivity index (χ0n) is 8.74. The summed E-state index contributed by atoms with van der Waals surface area (Å²) in [5.41, 5.74) is 0. The van der Waals surface area contributed by atoms with Gasteiger partial charge in [-0.25, -0.2) is 0 Å². The van der Waals surface area contributed by atoms with Gasteiger partial charge in [-0.05, 0) is 25.2 Å². The molecule has 1 atom stereocenters. The second-order valence-electron chi connectivity index (χ2n) is 3.90. The van der Waals surface area contributed by atoms with Gasteiger partial charge in [0.1, 0.15) is 0 Å². The molecule has 0 aromatic carbocycles. The van der Waals surface area contributed by atoms with Crippen LogP contribution in [0.4, 0.5) is 0 Å². The van der Waals surface area contributed by atoms with E-state index in [0.29, 0.717) is 0 Å². The quantitative estimate of drug-likeness (QED) is 0.570. The third-order valence-corrected chi connectivity index (χ3v) is 2.91. The van der Waals surface area contributed by atoms with Gasteiger partial charge in [0, 0.05) is 17.9 Å². The summed E-state index contributed by atoms with van der Waals surface area (Å²) >= 11 is 0. The molecule has 80 valence electrons. The molecule has 1 fully saturated rings. The minimum absolute atomic E-state index is 0. The molecule has 15 heavy (non-hydrogen) atoms. The van der Waals surface area contributed by atoms with Crippen LogP contribution in [0.5, 0.6) is 0 Å². The Morgan fingerprint density at radius 3 is 2.07 bits per heavy atom. The Hall–Kier alpha value is 0.200. The zero-order chi connectivity index (χ0) is 10.6. The fraction of sp³-hybridized carbons (Fsp3) is 0.800. The monoisotopic (exact) mass is 238 g/mol. The summed E-state index contributed by atoms with van der Waals surface area (Å²) in [6.45, 7) is 0. The van der Waals surface area contributed by atoms with E-state index in [9.17, 15) is 19.8 Å². The van der Waals surface area contributed by atoms with Crippen LogP contribution in [-0.4, -0.2) is 49.7 Å². The third-order valence-electron chi connectivity index (χ3n) is 2.91. The van der Waals surface area contributed by atoms with E-state index in [1.165, 1.54) is 0 Å². The van der Waals surface area contributed by atoms with E-state index in [4.69, 9.17) is 0 Å². The Labute approximate surface area is 119 Å². The Balaban J connectivity index is 0.00000196. The van der Waals surface area contributed by atoms with E-state index in [-0.39, 0.29) is 43.7 Å². The molecule has 1 aliphatic rings. The molecule has 0 aromatic rings. The second-order valence-corrected chi connectivity index (χ2v) is 3.90. The number of aliphatic carboxylic acids is 2. The second kappa shape index (κ2) is 7.47. The molecule has 0 aliphatic heterocycles. The summed E-state index contributed by atoms with van der Waals surface area (Å²) in [4.78, 5) is 21.1. The van der Waals surface area contributed by atoms with E-state index < -0.39 is 24.3 Å². The van der Waals surface area contributed by atoms with Crippen LogP contribution in [0, 0.1) is 11.8 Å². The van der Waals surface area contributed by atoms with Crippen molar-refractivity contribution in [2.75, 3.05) is 0 Å². The average Bonchev–Trinajstić information content (AvgIpc) is 2.15. The van der Waals surface area contributed by atoms with Gasteiger partial charge >= 0.3 is 37.7 Å². The fourth-order valence-corrected chi connectivity index (χ4v) is 2.16. The van der Waals surface area contributed by atoms with Crippen LogP contribution in [0.3, 0.4) is 0 Å². The molecule has 0 spiro atoms. The normalized spacial score (nSPS) is 18.9. The maximum Gasteiger partial charge on any atom is 2.00 e. The van der Waals surface area contributed by atoms with Gasteiger partial charge in [0.15, 0.2) is 0 Å². The van der Waals surface area contributed by atoms with Gasteiger partial charge in [0.05, 0.1) is 0 Å². The van der Waals surface area contributed by atoms with Crippen LogP contribution < -0.4 is 10.2 Å². The number of rotatable bonds is 4. The summed E-state index contributed by atoms with van der Waals surface area (Å²) in [5, 5.41) is 21.1. The van der Waals surface area contributed by atoms with Gasteiger partial charge in [0.25, 0.3) is 0 Å². The number of carboxylic acid groups (broad SMARTS) is 2. The van der Waals surface area contributed by atoms with Crippen LogP contribution in [0.25, 0.3) is 0 Å². The SMILES string of the molecule is O=C([O-])CC(C(=O)[O-])C1CCCCC1.[Ca+2]. The van der Waals surface area contributed by atoms with E-state index in [2.05, 4.69) is 0 Å². The van der Waals surface area contributed by atoms with Crippen molar-refractivity contribution in [2.24, 2.45) is 11.8 Å². The first-order chi connectivity index (χ1) is 6.61. The molecule has 1 saturated carbocycles. The van der Waals surface area contributed by atoms with Crippen molar-refractivity contribution in [2.45, 2.75) is 38.5 Å². The van der Waals surface area contributed by atoms with Crippen LogP contribution in [0.1, 0.15) is 38.5 Å². The van der Waals surface area contributed by atoms with E-state index in [0.717, 1.165) is 32.1 Å². The summed E-state index contributed by atoms with van der Waals surface area (Å²) in [5.74, 6) is -3.45. The Morgan fingerprint density at radius 1 is 1.13 bits per heavy atom. The minimum atomic E-state index is -1.30. The number of hydrogen-bond acceptors (Lipinski definition) is 4. The van der Waals surface area contributed by atoms with Crippen LogP contribution in [0.2, 0.25) is 0 Å². The molecular formula is C10H14CaO4. The van der Waals surface area contributed by atoms with Gasteiger partial charge < -0.3 is 19.8 Å². The maximum atomic E-state index is 10.7. The molecule has 4 nitrogen and oxygen atoms in total. The van der Waals surface area contributed by atoms with Crippen LogP contribution >= 0.6 is 0 Å². The third kappa shape index (κ3) is 5.18. The van der Waals surface area contributed by atoms with Crippen molar-refractivity contribution >= 4 is 49.7 Å². The summed E-state index contributed by atoms with van der Waals surface area (Å²) in [6, 6.07) is 0. The van der Waals surface area contributed by atoms with Crippen LogP contribution in [0.15, 0.2) is 0 Å². The van der Waals surface area contributed by atoms with Gasteiger partial charge in [-0.15, -0.1) is 0 Å². The predicted octanol–water partition coefficient (Wildman–Crippen LogP) is -1.31. The van der Waals surface area contributed by atoms with Crippen molar-refractivity contribution in [3.8, 4) is 0 Å². The molecule has 0 amide bonds. The molecular weight excluding hydrogens is 224 g/mol. The van der Waals surface area contributed by atoms with E-state index in [1.54, 1.807) is 0 Å². The Bertz CT molecular complexity index is 223. The van der Waals surface area contributed by atoms with Crippen molar-refractivity contribution in [1.82, 2.24) is 0 Å². The topological polar surface area (TPSA) is 80.3 Å². The summed E-state index contributed by atoms with van der Waals surface area (Å²) in [7, 11) is 0. The molecule has 0 N–H and O–H groups in total. The van der Waals surface area contributed by atoms with Gasteiger partial charge in [-0.1, -0.05) is 19.3 Å². The van der Waals surface area contributed by atoms with Gasteiger partial charge in [-0.2, -0.15) is 0 Å². The zero-order valence-corrected chi connectivity index (χ0v) is 10.9. The number of hydrogen-bond donors (Lipinski definition) is 0. The smallest absolute Gasteiger partial charge is 0.550 e. The molecule has 1 rings (SSSR count). The molecule has 0 aromatic heterocycles. The molecule has 5 heteroatoms. The first-order valence-electron chi connectivity index (χ1n) is 5.02. The van der Waals surface area contributed by atoms with Crippen molar-refractivity contribution in [1.29, 1.82) is 0 Å². The summed E-state index contributed by atoms with van der Waals surface area (Å²) < 4.78 is 0. The largest absolute Gasteiger partial charge is 2.00 e. The van der Waals surface area contributed by atoms with Gasteiger partial charge in [0.2, 0.25) is 0 Å². The van der Waals surface area contributed by atoms with E-state index >= 15 is 0 Å². The Morgan fingerprint density at radius 2 is 1.67 bits per heavy atom. The van der Waals surface area contributed by atoms with E-state index in [1.807, 2.05) is 0 Å². The minimum Gasteiger partial charge on any atom is -0.550 e. The average molecular weight is 238 g/mol. The van der Waals surface area contributed by atoms with Crippen molar-refractivity contribution < 1.29 is 19.8 Å². The standard InChI is InChI=1S/C10H16O4.Ca/c11-9(12)6-8(10(13)14)7-4-2-1-3-5-7;/h7-8H,1-6H2,(H,11,12)(H,13,14);/q;+2/p-2. The number of carbonyl (C=O) groups excluding carboxylic acids is 2. The predicted molar refractivity (Wildman–Crippen MR) is 50.5 cm³/mol. The molecule has 1 aliphatic carbocycles.